The van der Waals surface area contributed by atoms with Gasteiger partial charge in [0.25, 0.3) is 0 Å². The van der Waals surface area contributed by atoms with E-state index in [-0.39, 0.29) is 6.54 Å². The largest absolute Gasteiger partial charge is 0.497 e. The molecule has 0 unspecified atom stereocenters. The van der Waals surface area contributed by atoms with Crippen LogP contribution in [0.1, 0.15) is 16.8 Å². The number of thioether (sulfide) groups is 1. The molecular weight excluding hydrogens is 390 g/mol. The van der Waals surface area contributed by atoms with E-state index in [9.17, 15) is 9.59 Å². The summed E-state index contributed by atoms with van der Waals surface area (Å²) in [6.45, 7) is 0.250. The SMILES string of the molecule is COc1ccc(-n2nc3c(c2NC(=O)C(=O)NCc2ccncc2)CSC3)cc1. The fourth-order valence-electron chi connectivity index (χ4n) is 2.98. The van der Waals surface area contributed by atoms with E-state index in [1.54, 1.807) is 48.1 Å². The second kappa shape index (κ2) is 8.36. The van der Waals surface area contributed by atoms with Crippen LogP contribution in [0.3, 0.4) is 0 Å². The number of pyridine rings is 1. The van der Waals surface area contributed by atoms with E-state index >= 15 is 0 Å². The van der Waals surface area contributed by atoms with Crippen LogP contribution in [0.25, 0.3) is 5.69 Å². The molecule has 8 nitrogen and oxygen atoms in total. The number of amides is 2. The summed E-state index contributed by atoms with van der Waals surface area (Å²) in [7, 11) is 1.60. The number of nitrogens with zero attached hydrogens (tertiary/aromatic N) is 3. The molecule has 148 valence electrons. The summed E-state index contributed by atoms with van der Waals surface area (Å²) in [6, 6.07) is 10.9. The number of aromatic nitrogens is 3. The van der Waals surface area contributed by atoms with E-state index in [0.29, 0.717) is 5.82 Å². The zero-order valence-electron chi connectivity index (χ0n) is 15.7. The van der Waals surface area contributed by atoms with Crippen molar-refractivity contribution in [1.29, 1.82) is 0 Å². The number of anilines is 1. The summed E-state index contributed by atoms with van der Waals surface area (Å²) in [6.07, 6.45) is 3.27. The number of hydrogen-bond donors (Lipinski definition) is 2. The van der Waals surface area contributed by atoms with E-state index in [4.69, 9.17) is 4.74 Å². The van der Waals surface area contributed by atoms with Gasteiger partial charge in [0.2, 0.25) is 0 Å². The smallest absolute Gasteiger partial charge is 0.314 e. The summed E-state index contributed by atoms with van der Waals surface area (Å²) < 4.78 is 6.86. The normalized spacial score (nSPS) is 12.3. The Morgan fingerprint density at radius 3 is 2.59 bits per heavy atom. The first kappa shape index (κ1) is 19.0. The van der Waals surface area contributed by atoms with Crippen LogP contribution in [0.4, 0.5) is 5.82 Å². The van der Waals surface area contributed by atoms with E-state index in [2.05, 4.69) is 20.7 Å². The van der Waals surface area contributed by atoms with Crippen LogP contribution in [0.5, 0.6) is 5.75 Å². The molecule has 0 spiro atoms. The highest BCUT2D eigenvalue weighted by atomic mass is 32.2. The van der Waals surface area contributed by atoms with Gasteiger partial charge >= 0.3 is 11.8 Å². The summed E-state index contributed by atoms with van der Waals surface area (Å²) in [5, 5.41) is 9.99. The van der Waals surface area contributed by atoms with Crippen molar-refractivity contribution in [3.8, 4) is 11.4 Å². The van der Waals surface area contributed by atoms with Gasteiger partial charge < -0.3 is 15.4 Å². The van der Waals surface area contributed by atoms with Crippen molar-refractivity contribution in [2.45, 2.75) is 18.1 Å². The first-order valence-corrected chi connectivity index (χ1v) is 10.1. The molecule has 1 aliphatic heterocycles. The van der Waals surface area contributed by atoms with Crippen LogP contribution >= 0.6 is 11.8 Å². The molecule has 0 saturated carbocycles. The van der Waals surface area contributed by atoms with Crippen molar-refractivity contribution in [3.63, 3.8) is 0 Å². The molecule has 0 fully saturated rings. The number of hydrogen-bond acceptors (Lipinski definition) is 6. The van der Waals surface area contributed by atoms with Crippen LogP contribution < -0.4 is 15.4 Å². The van der Waals surface area contributed by atoms with Gasteiger partial charge in [-0.15, -0.1) is 0 Å². The fraction of sp³-hybridized carbons (Fsp3) is 0.200. The minimum Gasteiger partial charge on any atom is -0.497 e. The Kier molecular flexibility index (Phi) is 5.48. The van der Waals surface area contributed by atoms with Crippen LogP contribution in [-0.4, -0.2) is 33.7 Å². The van der Waals surface area contributed by atoms with Crippen LogP contribution in [-0.2, 0) is 27.6 Å². The Labute approximate surface area is 171 Å². The molecule has 2 aromatic heterocycles. The van der Waals surface area contributed by atoms with Gasteiger partial charge in [-0.2, -0.15) is 16.9 Å². The molecule has 9 heteroatoms. The number of carbonyl (C=O) groups is 2. The highest BCUT2D eigenvalue weighted by Crippen LogP contribution is 2.36. The first-order valence-electron chi connectivity index (χ1n) is 8.96. The molecule has 1 aliphatic rings. The van der Waals surface area contributed by atoms with Crippen molar-refractivity contribution in [2.24, 2.45) is 0 Å². The van der Waals surface area contributed by atoms with Gasteiger partial charge in [0.15, 0.2) is 0 Å². The van der Waals surface area contributed by atoms with Crippen molar-refractivity contribution < 1.29 is 14.3 Å². The van der Waals surface area contributed by atoms with Crippen molar-refractivity contribution in [2.75, 3.05) is 12.4 Å². The third-order valence-electron chi connectivity index (χ3n) is 4.51. The third-order valence-corrected chi connectivity index (χ3v) is 5.48. The van der Waals surface area contributed by atoms with Gasteiger partial charge in [0.05, 0.1) is 18.5 Å². The maximum Gasteiger partial charge on any atom is 0.314 e. The molecule has 0 saturated heterocycles. The minimum absolute atomic E-state index is 0.250. The molecule has 1 aromatic carbocycles. The summed E-state index contributed by atoms with van der Waals surface area (Å²) in [4.78, 5) is 28.7. The molecule has 4 rings (SSSR count). The van der Waals surface area contributed by atoms with Gasteiger partial charge in [-0.3, -0.25) is 14.6 Å². The lowest BCUT2D eigenvalue weighted by Gasteiger charge is -2.11. The summed E-state index contributed by atoms with van der Waals surface area (Å²) in [5.41, 5.74) is 3.50. The van der Waals surface area contributed by atoms with Gasteiger partial charge in [-0.1, -0.05) is 0 Å². The third kappa shape index (κ3) is 4.09. The number of benzene rings is 1. The first-order chi connectivity index (χ1) is 14.2. The van der Waals surface area contributed by atoms with Crippen LogP contribution in [0.15, 0.2) is 48.8 Å². The number of nitrogens with one attached hydrogen (secondary N) is 2. The Morgan fingerprint density at radius 1 is 1.10 bits per heavy atom. The summed E-state index contributed by atoms with van der Waals surface area (Å²) >= 11 is 1.72. The van der Waals surface area contributed by atoms with E-state index in [1.807, 2.05) is 24.3 Å². The minimum atomic E-state index is -0.728. The van der Waals surface area contributed by atoms with Crippen molar-refractivity contribution in [3.05, 3.63) is 65.6 Å². The lowest BCUT2D eigenvalue weighted by Crippen LogP contribution is -2.35. The van der Waals surface area contributed by atoms with E-state index in [1.165, 1.54) is 0 Å². The Hall–Kier alpha value is -3.33. The predicted molar refractivity (Wildman–Crippen MR) is 110 cm³/mol. The topological polar surface area (TPSA) is 98.1 Å². The molecule has 2 amide bonds. The Bertz CT molecular complexity index is 1030. The lowest BCUT2D eigenvalue weighted by atomic mass is 10.2. The Balaban J connectivity index is 1.52. The maximum absolute atomic E-state index is 12.5. The van der Waals surface area contributed by atoms with Crippen LogP contribution in [0, 0.1) is 0 Å². The molecule has 3 heterocycles. The molecule has 3 aromatic rings. The number of methoxy groups -OCH3 is 1. The fourth-order valence-corrected chi connectivity index (χ4v) is 4.01. The molecule has 0 atom stereocenters. The molecular formula is C20H19N5O3S. The maximum atomic E-state index is 12.5. The van der Waals surface area contributed by atoms with Gasteiger partial charge in [-0.25, -0.2) is 4.68 Å². The monoisotopic (exact) mass is 409 g/mol. The molecule has 0 aliphatic carbocycles. The number of carbonyl (C=O) groups excluding carboxylic acids is 2. The highest BCUT2D eigenvalue weighted by Gasteiger charge is 2.26. The van der Waals surface area contributed by atoms with Crippen molar-refractivity contribution in [1.82, 2.24) is 20.1 Å². The van der Waals surface area contributed by atoms with Gasteiger partial charge in [-0.05, 0) is 42.0 Å². The zero-order valence-corrected chi connectivity index (χ0v) is 16.5. The quantitative estimate of drug-likeness (QED) is 0.628. The average Bonchev–Trinajstić information content (AvgIpc) is 3.35. The van der Waals surface area contributed by atoms with Gasteiger partial charge in [0.1, 0.15) is 11.6 Å². The average molecular weight is 409 g/mol. The molecule has 29 heavy (non-hydrogen) atoms. The zero-order chi connectivity index (χ0) is 20.2. The van der Waals surface area contributed by atoms with Crippen molar-refractivity contribution >= 4 is 29.4 Å². The molecule has 0 radical (unpaired) electrons. The van der Waals surface area contributed by atoms with Gasteiger partial charge in [0, 0.05) is 36.0 Å². The number of fused-ring (bicyclic) bond motifs is 1. The lowest BCUT2D eigenvalue weighted by molar-refractivity contribution is -0.136. The standard InChI is InChI=1S/C20H19N5O3S/c1-28-15-4-2-14(3-5-15)25-18(16-11-29-12-17(16)24-25)23-20(27)19(26)22-10-13-6-8-21-9-7-13/h2-9H,10-12H2,1H3,(H,22,26)(H,23,27). The predicted octanol–water partition coefficient (Wildman–Crippen LogP) is 2.28. The second-order valence-corrected chi connectivity index (χ2v) is 7.35. The van der Waals surface area contributed by atoms with E-state index < -0.39 is 11.8 Å². The number of rotatable bonds is 5. The van der Waals surface area contributed by atoms with E-state index in [0.717, 1.165) is 39.8 Å². The summed E-state index contributed by atoms with van der Waals surface area (Å²) in [5.74, 6) is 1.33. The Morgan fingerprint density at radius 2 is 1.86 bits per heavy atom. The molecule has 0 bridgehead atoms. The molecule has 2 N–H and O–H groups in total. The van der Waals surface area contributed by atoms with Crippen LogP contribution in [0.2, 0.25) is 0 Å². The second-order valence-electron chi connectivity index (χ2n) is 6.37. The highest BCUT2D eigenvalue weighted by molar-refractivity contribution is 7.98. The number of ether oxygens (including phenoxy) is 1.